The van der Waals surface area contributed by atoms with E-state index in [1.165, 1.54) is 38.5 Å². The minimum absolute atomic E-state index is 0.0589. The Bertz CT molecular complexity index is 1040. The van der Waals surface area contributed by atoms with Gasteiger partial charge in [0.1, 0.15) is 18.1 Å². The summed E-state index contributed by atoms with van der Waals surface area (Å²) in [6.45, 7) is 3.55. The summed E-state index contributed by atoms with van der Waals surface area (Å²) in [5.74, 6) is 4.68. The van der Waals surface area contributed by atoms with Gasteiger partial charge in [0.15, 0.2) is 6.04 Å². The van der Waals surface area contributed by atoms with Crippen molar-refractivity contribution in [3.8, 4) is 17.6 Å². The van der Waals surface area contributed by atoms with Crippen LogP contribution in [0.4, 0.5) is 13.2 Å². The number of nitrogens with zero attached hydrogens (tertiary/aromatic N) is 1. The second-order valence-electron chi connectivity index (χ2n) is 6.69. The Balaban J connectivity index is 2.09. The third kappa shape index (κ3) is 8.14. The monoisotopic (exact) mass is 464 g/mol. The van der Waals surface area contributed by atoms with Gasteiger partial charge in [0.25, 0.3) is 0 Å². The SMILES string of the molecule is CONC(C(=O)OC)c1cccc(C)c1CO/N=C(\C)C#Cc1ccc(OC(F)(F)F)cc1. The molecule has 0 aliphatic heterocycles. The van der Waals surface area contributed by atoms with Gasteiger partial charge in [-0.2, -0.15) is 5.48 Å². The van der Waals surface area contributed by atoms with E-state index < -0.39 is 18.4 Å². The zero-order valence-electron chi connectivity index (χ0n) is 18.4. The Labute approximate surface area is 189 Å². The zero-order chi connectivity index (χ0) is 24.4. The molecule has 0 aromatic heterocycles. The van der Waals surface area contributed by atoms with Crippen molar-refractivity contribution in [2.75, 3.05) is 14.2 Å². The molecule has 33 heavy (non-hydrogen) atoms. The van der Waals surface area contributed by atoms with E-state index in [1.807, 2.05) is 13.0 Å². The van der Waals surface area contributed by atoms with Gasteiger partial charge in [-0.1, -0.05) is 29.3 Å². The maximum absolute atomic E-state index is 12.2. The number of hydrogen-bond acceptors (Lipinski definition) is 7. The fourth-order valence-corrected chi connectivity index (χ4v) is 2.79. The Morgan fingerprint density at radius 2 is 1.85 bits per heavy atom. The Morgan fingerprint density at radius 1 is 1.15 bits per heavy atom. The van der Waals surface area contributed by atoms with E-state index in [0.717, 1.165) is 11.1 Å². The van der Waals surface area contributed by atoms with Gasteiger partial charge in [0.2, 0.25) is 0 Å². The molecule has 0 aliphatic rings. The van der Waals surface area contributed by atoms with Gasteiger partial charge in [-0.05, 0) is 55.2 Å². The fourth-order valence-electron chi connectivity index (χ4n) is 2.79. The number of ether oxygens (including phenoxy) is 2. The summed E-state index contributed by atoms with van der Waals surface area (Å²) in [6, 6.07) is 9.71. The lowest BCUT2D eigenvalue weighted by Gasteiger charge is -2.19. The van der Waals surface area contributed by atoms with Crippen molar-refractivity contribution in [1.29, 1.82) is 0 Å². The molecule has 0 saturated heterocycles. The van der Waals surface area contributed by atoms with Gasteiger partial charge in [-0.15, -0.1) is 13.2 Å². The van der Waals surface area contributed by atoms with E-state index in [4.69, 9.17) is 14.4 Å². The van der Waals surface area contributed by atoms with Crippen molar-refractivity contribution in [3.05, 3.63) is 64.7 Å². The van der Waals surface area contributed by atoms with Crippen LogP contribution in [0.1, 0.15) is 35.2 Å². The normalized spacial score (nSPS) is 12.4. The van der Waals surface area contributed by atoms with E-state index >= 15 is 0 Å². The number of oxime groups is 1. The third-order valence-corrected chi connectivity index (χ3v) is 4.32. The smallest absolute Gasteiger partial charge is 0.468 e. The van der Waals surface area contributed by atoms with Crippen molar-refractivity contribution in [1.82, 2.24) is 5.48 Å². The maximum Gasteiger partial charge on any atom is 0.573 e. The standard InChI is InChI=1S/C23H23F3N2O5/c1-15-6-5-7-19(21(28-31-4)22(29)30-3)20(15)14-32-27-16(2)8-9-17-10-12-18(13-11-17)33-23(24,25)26/h5-7,10-13,21,28H,14H2,1-4H3/b27-16+. The van der Waals surface area contributed by atoms with E-state index in [0.29, 0.717) is 16.8 Å². The van der Waals surface area contributed by atoms with Crippen molar-refractivity contribution in [3.63, 3.8) is 0 Å². The second-order valence-corrected chi connectivity index (χ2v) is 6.69. The highest BCUT2D eigenvalue weighted by Gasteiger charge is 2.31. The van der Waals surface area contributed by atoms with Crippen LogP contribution in [0.2, 0.25) is 0 Å². The maximum atomic E-state index is 12.2. The zero-order valence-corrected chi connectivity index (χ0v) is 18.4. The molecular formula is C23H23F3N2O5. The van der Waals surface area contributed by atoms with E-state index in [9.17, 15) is 18.0 Å². The van der Waals surface area contributed by atoms with Crippen molar-refractivity contribution in [2.24, 2.45) is 5.16 Å². The van der Waals surface area contributed by atoms with Crippen LogP contribution in [-0.2, 0) is 25.8 Å². The molecule has 1 atom stereocenters. The van der Waals surface area contributed by atoms with Gasteiger partial charge < -0.3 is 19.1 Å². The highest BCUT2D eigenvalue weighted by atomic mass is 19.4. The quantitative estimate of drug-likeness (QED) is 0.273. The molecule has 7 nitrogen and oxygen atoms in total. The lowest BCUT2D eigenvalue weighted by molar-refractivity contribution is -0.274. The van der Waals surface area contributed by atoms with Crippen LogP contribution in [0.5, 0.6) is 5.75 Å². The average Bonchev–Trinajstić information content (AvgIpc) is 2.76. The fraction of sp³-hybridized carbons (Fsp3) is 0.304. The first-order chi connectivity index (χ1) is 15.6. The number of rotatable bonds is 8. The number of alkyl halides is 3. The summed E-state index contributed by atoms with van der Waals surface area (Å²) in [7, 11) is 2.67. The molecule has 0 radical (unpaired) electrons. The minimum atomic E-state index is -4.75. The number of nitrogens with one attached hydrogen (secondary N) is 1. The largest absolute Gasteiger partial charge is 0.573 e. The highest BCUT2D eigenvalue weighted by Crippen LogP contribution is 2.24. The molecule has 2 rings (SSSR count). The number of carbonyl (C=O) groups is 1. The molecule has 10 heteroatoms. The molecule has 0 fully saturated rings. The van der Waals surface area contributed by atoms with Crippen LogP contribution in [0.15, 0.2) is 47.6 Å². The van der Waals surface area contributed by atoms with Gasteiger partial charge in [0.05, 0.1) is 14.2 Å². The average molecular weight is 464 g/mol. The molecule has 0 saturated carbocycles. The molecule has 2 aromatic rings. The predicted molar refractivity (Wildman–Crippen MR) is 114 cm³/mol. The van der Waals surface area contributed by atoms with Crippen molar-refractivity contribution >= 4 is 11.7 Å². The van der Waals surface area contributed by atoms with Crippen molar-refractivity contribution < 1.29 is 37.1 Å². The van der Waals surface area contributed by atoms with E-state index in [1.54, 1.807) is 19.1 Å². The molecule has 0 heterocycles. The number of benzene rings is 2. The number of hydroxylamine groups is 1. The topological polar surface area (TPSA) is 78.4 Å². The lowest BCUT2D eigenvalue weighted by atomic mass is 9.97. The molecule has 2 aromatic carbocycles. The number of esters is 1. The second kappa shape index (κ2) is 11.9. The Kier molecular flexibility index (Phi) is 9.27. The molecule has 1 unspecified atom stereocenters. The first-order valence-electron chi connectivity index (χ1n) is 9.63. The first kappa shape index (κ1) is 25.7. The summed E-state index contributed by atoms with van der Waals surface area (Å²) in [5, 5.41) is 3.95. The van der Waals surface area contributed by atoms with Gasteiger partial charge in [-0.3, -0.25) is 0 Å². The number of hydrogen-bond donors (Lipinski definition) is 1. The molecule has 176 valence electrons. The summed E-state index contributed by atoms with van der Waals surface area (Å²) in [6.07, 6.45) is -4.75. The molecule has 0 spiro atoms. The van der Waals surface area contributed by atoms with E-state index in [-0.39, 0.29) is 12.4 Å². The number of aryl methyl sites for hydroxylation is 1. The Hall–Kier alpha value is -3.55. The van der Waals surface area contributed by atoms with Crippen LogP contribution in [0.3, 0.4) is 0 Å². The van der Waals surface area contributed by atoms with Crippen LogP contribution in [0, 0.1) is 18.8 Å². The minimum Gasteiger partial charge on any atom is -0.468 e. The van der Waals surface area contributed by atoms with Crippen LogP contribution >= 0.6 is 0 Å². The van der Waals surface area contributed by atoms with Gasteiger partial charge >= 0.3 is 12.3 Å². The predicted octanol–water partition coefficient (Wildman–Crippen LogP) is 4.20. The molecular weight excluding hydrogens is 441 g/mol. The summed E-state index contributed by atoms with van der Waals surface area (Å²) in [4.78, 5) is 22.5. The van der Waals surface area contributed by atoms with E-state index in [2.05, 4.69) is 27.2 Å². The lowest BCUT2D eigenvalue weighted by Crippen LogP contribution is -2.30. The molecule has 0 amide bonds. The number of methoxy groups -OCH3 is 1. The third-order valence-electron chi connectivity index (χ3n) is 4.32. The summed E-state index contributed by atoms with van der Waals surface area (Å²) >= 11 is 0. The summed E-state index contributed by atoms with van der Waals surface area (Å²) in [5.41, 5.74) is 5.65. The van der Waals surface area contributed by atoms with Crippen LogP contribution < -0.4 is 10.2 Å². The van der Waals surface area contributed by atoms with Crippen molar-refractivity contribution in [2.45, 2.75) is 32.9 Å². The molecule has 0 aliphatic carbocycles. The van der Waals surface area contributed by atoms with Gasteiger partial charge in [0, 0.05) is 11.1 Å². The number of carbonyl (C=O) groups excluding carboxylic acids is 1. The number of halogens is 3. The molecule has 0 bridgehead atoms. The van der Waals surface area contributed by atoms with Crippen LogP contribution in [0.25, 0.3) is 0 Å². The Morgan fingerprint density at radius 3 is 2.45 bits per heavy atom. The van der Waals surface area contributed by atoms with Gasteiger partial charge in [-0.25, -0.2) is 4.79 Å². The highest BCUT2D eigenvalue weighted by molar-refractivity contribution is 5.98. The van der Waals surface area contributed by atoms with Crippen LogP contribution in [-0.4, -0.2) is 32.3 Å². The first-order valence-corrected chi connectivity index (χ1v) is 9.63. The summed E-state index contributed by atoms with van der Waals surface area (Å²) < 4.78 is 45.3. The molecule has 1 N–H and O–H groups in total.